The number of likely N-dealkylation sites (tertiary alicyclic amines) is 1. The molecule has 0 radical (unpaired) electrons. The predicted molar refractivity (Wildman–Crippen MR) is 144 cm³/mol. The van der Waals surface area contributed by atoms with Crippen molar-refractivity contribution in [3.8, 4) is 22.6 Å². The van der Waals surface area contributed by atoms with Gasteiger partial charge in [-0.15, -0.1) is 13.2 Å². The fourth-order valence-corrected chi connectivity index (χ4v) is 5.46. The standard InChI is InChI=1S/C29H28F4N2O5S/c1-41(37,38)34-28(36)23-12-22(19-10-11-19)26(13-24(23)30)39-17-18-14-35(15-18)16-21-8-5-9-25(40-29(31,32)33)27(21)20-6-3-2-4-7-20/h2-9,12-13,18-19H,10-11,14-17H2,1H3,(H,34,36). The molecule has 0 aromatic heterocycles. The SMILES string of the molecule is CS(=O)(=O)NC(=O)c1cc(C2CC2)c(OCC2CN(Cc3cccc(OC(F)(F)F)c3-c3ccccc3)C2)cc1F. The minimum Gasteiger partial charge on any atom is -0.493 e. The second-order valence-electron chi connectivity index (χ2n) is 10.4. The molecule has 1 saturated carbocycles. The highest BCUT2D eigenvalue weighted by Gasteiger charge is 2.34. The Labute approximate surface area is 235 Å². The summed E-state index contributed by atoms with van der Waals surface area (Å²) in [5.41, 5.74) is 2.00. The summed E-state index contributed by atoms with van der Waals surface area (Å²) in [6.45, 7) is 1.93. The molecule has 3 aromatic carbocycles. The Bertz CT molecular complexity index is 1540. The van der Waals surface area contributed by atoms with Crippen molar-refractivity contribution in [3.63, 3.8) is 0 Å². The van der Waals surface area contributed by atoms with E-state index in [9.17, 15) is 30.8 Å². The monoisotopic (exact) mass is 592 g/mol. The van der Waals surface area contributed by atoms with Gasteiger partial charge in [0.15, 0.2) is 0 Å². The Morgan fingerprint density at radius 3 is 2.37 bits per heavy atom. The fourth-order valence-electron chi connectivity index (χ4n) is 5.02. The molecule has 3 aromatic rings. The third-order valence-electron chi connectivity index (χ3n) is 6.94. The summed E-state index contributed by atoms with van der Waals surface area (Å²) in [4.78, 5) is 14.3. The number of rotatable bonds is 10. The Morgan fingerprint density at radius 2 is 1.73 bits per heavy atom. The predicted octanol–water partition coefficient (Wildman–Crippen LogP) is 5.47. The molecule has 1 N–H and O–H groups in total. The van der Waals surface area contributed by atoms with Crippen LogP contribution in [0.25, 0.3) is 11.1 Å². The quantitative estimate of drug-likeness (QED) is 0.315. The molecule has 0 atom stereocenters. The number of ether oxygens (including phenoxy) is 2. The zero-order valence-electron chi connectivity index (χ0n) is 22.1. The van der Waals surface area contributed by atoms with E-state index in [2.05, 4.69) is 9.64 Å². The Hall–Kier alpha value is -3.64. The van der Waals surface area contributed by atoms with Crippen LogP contribution in [0, 0.1) is 11.7 Å². The van der Waals surface area contributed by atoms with E-state index in [1.807, 2.05) is 0 Å². The highest BCUT2D eigenvalue weighted by Crippen LogP contribution is 2.45. The maximum Gasteiger partial charge on any atom is 0.573 e. The second kappa shape index (κ2) is 11.3. The van der Waals surface area contributed by atoms with Crippen LogP contribution in [0.15, 0.2) is 60.7 Å². The molecule has 2 fully saturated rings. The van der Waals surface area contributed by atoms with E-state index in [-0.39, 0.29) is 29.8 Å². The van der Waals surface area contributed by atoms with Crippen LogP contribution in [-0.4, -0.2) is 51.5 Å². The van der Waals surface area contributed by atoms with Crippen molar-refractivity contribution in [1.29, 1.82) is 0 Å². The van der Waals surface area contributed by atoms with Crippen molar-refractivity contribution in [2.75, 3.05) is 26.0 Å². The van der Waals surface area contributed by atoms with E-state index in [0.717, 1.165) is 25.2 Å². The van der Waals surface area contributed by atoms with Gasteiger partial charge in [0.2, 0.25) is 10.0 Å². The highest BCUT2D eigenvalue weighted by molar-refractivity contribution is 7.89. The smallest absolute Gasteiger partial charge is 0.493 e. The molecule has 1 aliphatic carbocycles. The Balaban J connectivity index is 1.25. The van der Waals surface area contributed by atoms with Crippen molar-refractivity contribution in [3.05, 3.63) is 83.2 Å². The second-order valence-corrected chi connectivity index (χ2v) is 12.2. The number of nitrogens with one attached hydrogen (secondary N) is 1. The lowest BCUT2D eigenvalue weighted by Gasteiger charge is -2.39. The molecule has 0 spiro atoms. The summed E-state index contributed by atoms with van der Waals surface area (Å²) in [6.07, 6.45) is -2.30. The van der Waals surface area contributed by atoms with Crippen LogP contribution in [0.5, 0.6) is 11.5 Å². The van der Waals surface area contributed by atoms with Gasteiger partial charge in [-0.25, -0.2) is 17.5 Å². The lowest BCUT2D eigenvalue weighted by Crippen LogP contribution is -2.48. The molecule has 1 saturated heterocycles. The van der Waals surface area contributed by atoms with E-state index in [1.165, 1.54) is 18.2 Å². The van der Waals surface area contributed by atoms with E-state index in [1.54, 1.807) is 41.1 Å². The largest absolute Gasteiger partial charge is 0.573 e. The van der Waals surface area contributed by atoms with Crippen molar-refractivity contribution >= 4 is 15.9 Å². The summed E-state index contributed by atoms with van der Waals surface area (Å²) >= 11 is 0. The van der Waals surface area contributed by atoms with E-state index < -0.39 is 28.1 Å². The number of carbonyl (C=O) groups is 1. The summed E-state index contributed by atoms with van der Waals surface area (Å²) in [5.74, 6) is -1.64. The van der Waals surface area contributed by atoms with E-state index >= 15 is 0 Å². The number of hydrogen-bond acceptors (Lipinski definition) is 6. The number of halogens is 4. The van der Waals surface area contributed by atoms with Crippen molar-refractivity contribution in [1.82, 2.24) is 9.62 Å². The molecular formula is C29H28F4N2O5S. The van der Waals surface area contributed by atoms with Crippen LogP contribution in [0.2, 0.25) is 0 Å². The van der Waals surface area contributed by atoms with Crippen LogP contribution < -0.4 is 14.2 Å². The van der Waals surface area contributed by atoms with Gasteiger partial charge in [0.05, 0.1) is 18.4 Å². The number of amides is 1. The molecule has 1 amide bonds. The third kappa shape index (κ3) is 7.36. The van der Waals surface area contributed by atoms with Gasteiger partial charge in [0, 0.05) is 37.2 Å². The first kappa shape index (κ1) is 28.9. The topological polar surface area (TPSA) is 84.9 Å². The van der Waals surface area contributed by atoms with Gasteiger partial charge >= 0.3 is 6.36 Å². The lowest BCUT2D eigenvalue weighted by molar-refractivity contribution is -0.274. The van der Waals surface area contributed by atoms with Gasteiger partial charge in [-0.2, -0.15) is 0 Å². The lowest BCUT2D eigenvalue weighted by atomic mass is 9.95. The zero-order chi connectivity index (χ0) is 29.4. The van der Waals surface area contributed by atoms with Gasteiger partial charge in [-0.3, -0.25) is 9.69 Å². The normalized spacial score (nSPS) is 16.2. The molecule has 0 unspecified atom stereocenters. The van der Waals surface area contributed by atoms with E-state index in [0.29, 0.717) is 47.6 Å². The molecule has 0 bridgehead atoms. The van der Waals surface area contributed by atoms with Gasteiger partial charge < -0.3 is 9.47 Å². The minimum atomic E-state index is -4.82. The van der Waals surface area contributed by atoms with Crippen molar-refractivity contribution in [2.24, 2.45) is 5.92 Å². The number of nitrogens with zero attached hydrogens (tertiary/aromatic N) is 1. The van der Waals surface area contributed by atoms with Gasteiger partial charge in [-0.05, 0) is 47.6 Å². The molecule has 5 rings (SSSR count). The summed E-state index contributed by atoms with van der Waals surface area (Å²) in [5, 5.41) is 0. The van der Waals surface area contributed by atoms with Crippen molar-refractivity contribution < 1.29 is 40.2 Å². The van der Waals surface area contributed by atoms with Crippen LogP contribution in [0.1, 0.15) is 40.2 Å². The van der Waals surface area contributed by atoms with Crippen LogP contribution in [-0.2, 0) is 16.6 Å². The van der Waals surface area contributed by atoms with Crippen molar-refractivity contribution in [2.45, 2.75) is 31.7 Å². The fraction of sp³-hybridized carbons (Fsp3) is 0.345. The molecule has 7 nitrogen and oxygen atoms in total. The maximum atomic E-state index is 14.8. The minimum absolute atomic E-state index is 0.105. The first-order valence-corrected chi connectivity index (χ1v) is 14.9. The summed E-state index contributed by atoms with van der Waals surface area (Å²) in [7, 11) is -3.85. The molecule has 1 heterocycles. The highest BCUT2D eigenvalue weighted by atomic mass is 32.2. The maximum absolute atomic E-state index is 14.8. The summed E-state index contributed by atoms with van der Waals surface area (Å²) < 4.78 is 89.0. The number of sulfonamides is 1. The van der Waals surface area contributed by atoms with Crippen LogP contribution >= 0.6 is 0 Å². The molecule has 12 heteroatoms. The van der Waals surface area contributed by atoms with Gasteiger partial charge in [-0.1, -0.05) is 42.5 Å². The Kier molecular flexibility index (Phi) is 7.97. The number of carbonyl (C=O) groups excluding carboxylic acids is 1. The van der Waals surface area contributed by atoms with Crippen LogP contribution in [0.4, 0.5) is 17.6 Å². The molecule has 41 heavy (non-hydrogen) atoms. The van der Waals surface area contributed by atoms with E-state index in [4.69, 9.17) is 4.74 Å². The van der Waals surface area contributed by atoms with Gasteiger partial charge in [0.1, 0.15) is 17.3 Å². The molecule has 2 aliphatic rings. The molecule has 1 aliphatic heterocycles. The zero-order valence-corrected chi connectivity index (χ0v) is 22.9. The first-order valence-electron chi connectivity index (χ1n) is 13.0. The van der Waals surface area contributed by atoms with Gasteiger partial charge in [0.25, 0.3) is 5.91 Å². The Morgan fingerprint density at radius 1 is 1.02 bits per heavy atom. The molecule has 218 valence electrons. The molecular weight excluding hydrogens is 564 g/mol. The number of alkyl halides is 3. The first-order chi connectivity index (χ1) is 19.4. The number of hydrogen-bond donors (Lipinski definition) is 1. The number of benzene rings is 3. The summed E-state index contributed by atoms with van der Waals surface area (Å²) in [6, 6.07) is 15.9. The third-order valence-corrected chi connectivity index (χ3v) is 7.50. The van der Waals surface area contributed by atoms with Crippen LogP contribution in [0.3, 0.4) is 0 Å². The average molecular weight is 593 g/mol. The average Bonchev–Trinajstić information content (AvgIpc) is 3.69.